The predicted molar refractivity (Wildman–Crippen MR) is 69.7 cm³/mol. The Balaban J connectivity index is 2.95. The van der Waals surface area contributed by atoms with Crippen molar-refractivity contribution in [3.8, 4) is 0 Å². The van der Waals surface area contributed by atoms with Crippen LogP contribution >= 0.6 is 11.6 Å². The third-order valence-corrected chi connectivity index (χ3v) is 2.94. The number of hydrogen-bond donors (Lipinski definition) is 2. The molecular formula is C13H14ClF2NO3. The van der Waals surface area contributed by atoms with Crippen molar-refractivity contribution >= 4 is 23.5 Å². The quantitative estimate of drug-likeness (QED) is 0.822. The Hall–Kier alpha value is -1.69. The summed E-state index contributed by atoms with van der Waals surface area (Å²) < 4.78 is 26.6. The van der Waals surface area contributed by atoms with Crippen LogP contribution in [0.15, 0.2) is 12.1 Å². The maximum Gasteiger partial charge on any atom is 0.326 e. The standard InChI is InChI=1S/C13H14ClF2NO3/c1-6(2)5-9(13(19)20)17-12(18)7-3-4-8(15)10(14)11(7)16/h3-4,6,9H,5H2,1-2H3,(H,17,18)(H,19,20). The Labute approximate surface area is 119 Å². The fraction of sp³-hybridized carbons (Fsp3) is 0.385. The van der Waals surface area contributed by atoms with E-state index in [9.17, 15) is 18.4 Å². The van der Waals surface area contributed by atoms with Gasteiger partial charge in [-0.15, -0.1) is 0 Å². The summed E-state index contributed by atoms with van der Waals surface area (Å²) in [6.45, 7) is 3.58. The number of carboxylic acids is 1. The summed E-state index contributed by atoms with van der Waals surface area (Å²) in [5, 5.41) is 10.4. The number of rotatable bonds is 5. The molecule has 0 bridgehead atoms. The lowest BCUT2D eigenvalue weighted by molar-refractivity contribution is -0.139. The zero-order valence-electron chi connectivity index (χ0n) is 10.9. The van der Waals surface area contributed by atoms with E-state index in [2.05, 4.69) is 5.32 Å². The Morgan fingerprint density at radius 3 is 2.45 bits per heavy atom. The smallest absolute Gasteiger partial charge is 0.326 e. The lowest BCUT2D eigenvalue weighted by atomic mass is 10.0. The lowest BCUT2D eigenvalue weighted by Crippen LogP contribution is -2.42. The summed E-state index contributed by atoms with van der Waals surface area (Å²) in [6, 6.07) is 0.615. The first-order valence-corrected chi connectivity index (χ1v) is 6.29. The van der Waals surface area contributed by atoms with Gasteiger partial charge in [0.1, 0.15) is 16.9 Å². The van der Waals surface area contributed by atoms with Gasteiger partial charge in [0.25, 0.3) is 5.91 Å². The number of aliphatic carboxylic acids is 1. The minimum atomic E-state index is -1.22. The van der Waals surface area contributed by atoms with Crippen molar-refractivity contribution in [1.82, 2.24) is 5.32 Å². The van der Waals surface area contributed by atoms with Crippen molar-refractivity contribution in [3.05, 3.63) is 34.4 Å². The molecule has 0 saturated carbocycles. The van der Waals surface area contributed by atoms with E-state index in [0.717, 1.165) is 12.1 Å². The minimum Gasteiger partial charge on any atom is -0.480 e. The highest BCUT2D eigenvalue weighted by atomic mass is 35.5. The van der Waals surface area contributed by atoms with Crippen LogP contribution in [0.4, 0.5) is 8.78 Å². The van der Waals surface area contributed by atoms with Crippen LogP contribution in [0.2, 0.25) is 5.02 Å². The molecule has 1 unspecified atom stereocenters. The summed E-state index contributed by atoms with van der Waals surface area (Å²) in [5.41, 5.74) is -0.494. The van der Waals surface area contributed by atoms with Crippen LogP contribution < -0.4 is 5.32 Å². The maximum atomic E-state index is 13.6. The van der Waals surface area contributed by atoms with E-state index in [0.29, 0.717) is 0 Å². The topological polar surface area (TPSA) is 66.4 Å². The van der Waals surface area contributed by atoms with E-state index in [1.807, 2.05) is 0 Å². The first-order valence-electron chi connectivity index (χ1n) is 5.91. The van der Waals surface area contributed by atoms with Crippen molar-refractivity contribution < 1.29 is 23.5 Å². The molecule has 1 atom stereocenters. The summed E-state index contributed by atoms with van der Waals surface area (Å²) >= 11 is 5.36. The van der Waals surface area contributed by atoms with E-state index < -0.39 is 40.1 Å². The maximum absolute atomic E-state index is 13.6. The Morgan fingerprint density at radius 1 is 1.35 bits per heavy atom. The number of hydrogen-bond acceptors (Lipinski definition) is 2. The molecule has 1 rings (SSSR count). The predicted octanol–water partition coefficient (Wildman–Crippen LogP) is 2.85. The Bertz CT molecular complexity index is 535. The average Bonchev–Trinajstić information content (AvgIpc) is 2.34. The molecule has 2 N–H and O–H groups in total. The fourth-order valence-electron chi connectivity index (χ4n) is 1.63. The number of carboxylic acid groups (broad SMARTS) is 1. The van der Waals surface area contributed by atoms with Crippen LogP contribution in [0.25, 0.3) is 0 Å². The molecule has 1 aromatic rings. The molecule has 0 heterocycles. The molecule has 0 radical (unpaired) electrons. The van der Waals surface area contributed by atoms with E-state index >= 15 is 0 Å². The average molecular weight is 306 g/mol. The van der Waals surface area contributed by atoms with Crippen LogP contribution in [0.3, 0.4) is 0 Å². The zero-order valence-corrected chi connectivity index (χ0v) is 11.7. The third-order valence-electron chi connectivity index (χ3n) is 2.59. The van der Waals surface area contributed by atoms with Crippen LogP contribution in [-0.2, 0) is 4.79 Å². The molecular weight excluding hydrogens is 292 g/mol. The first kappa shape index (κ1) is 16.4. The van der Waals surface area contributed by atoms with Gasteiger partial charge in [0.05, 0.1) is 5.56 Å². The molecule has 110 valence electrons. The van der Waals surface area contributed by atoms with Gasteiger partial charge in [-0.05, 0) is 24.5 Å². The second kappa shape index (κ2) is 6.65. The van der Waals surface area contributed by atoms with Gasteiger partial charge in [0.15, 0.2) is 5.82 Å². The lowest BCUT2D eigenvalue weighted by Gasteiger charge is -2.16. The number of nitrogens with one attached hydrogen (secondary N) is 1. The largest absolute Gasteiger partial charge is 0.480 e. The second-order valence-electron chi connectivity index (χ2n) is 4.72. The molecule has 4 nitrogen and oxygen atoms in total. The highest BCUT2D eigenvalue weighted by Gasteiger charge is 2.24. The Kier molecular flexibility index (Phi) is 5.44. The third kappa shape index (κ3) is 3.90. The summed E-state index contributed by atoms with van der Waals surface area (Å²) in [6.07, 6.45) is 0.192. The molecule has 20 heavy (non-hydrogen) atoms. The van der Waals surface area contributed by atoms with Crippen LogP contribution in [-0.4, -0.2) is 23.0 Å². The normalized spacial score (nSPS) is 12.3. The molecule has 0 saturated heterocycles. The van der Waals surface area contributed by atoms with Crippen molar-refractivity contribution in [2.75, 3.05) is 0 Å². The van der Waals surface area contributed by atoms with Crippen molar-refractivity contribution in [2.24, 2.45) is 5.92 Å². The van der Waals surface area contributed by atoms with E-state index in [-0.39, 0.29) is 12.3 Å². The summed E-state index contributed by atoms with van der Waals surface area (Å²) in [5.74, 6) is -4.34. The van der Waals surface area contributed by atoms with Gasteiger partial charge in [0, 0.05) is 0 Å². The van der Waals surface area contributed by atoms with Crippen LogP contribution in [0.1, 0.15) is 30.6 Å². The van der Waals surface area contributed by atoms with Gasteiger partial charge < -0.3 is 10.4 Å². The van der Waals surface area contributed by atoms with Crippen molar-refractivity contribution in [3.63, 3.8) is 0 Å². The molecule has 7 heteroatoms. The molecule has 0 spiro atoms. The highest BCUT2D eigenvalue weighted by Crippen LogP contribution is 2.22. The number of amides is 1. The molecule has 1 amide bonds. The molecule has 0 aliphatic heterocycles. The molecule has 1 aromatic carbocycles. The van der Waals surface area contributed by atoms with Crippen molar-refractivity contribution in [2.45, 2.75) is 26.3 Å². The number of halogens is 3. The monoisotopic (exact) mass is 305 g/mol. The summed E-state index contributed by atoms with van der Waals surface area (Å²) in [7, 11) is 0. The minimum absolute atomic E-state index is 0.0260. The molecule has 0 aliphatic carbocycles. The molecule has 0 aliphatic rings. The summed E-state index contributed by atoms with van der Waals surface area (Å²) in [4.78, 5) is 22.8. The second-order valence-corrected chi connectivity index (χ2v) is 5.09. The van der Waals surface area contributed by atoms with Crippen molar-refractivity contribution in [1.29, 1.82) is 0 Å². The highest BCUT2D eigenvalue weighted by molar-refractivity contribution is 6.31. The van der Waals surface area contributed by atoms with Gasteiger partial charge in [0.2, 0.25) is 0 Å². The SMILES string of the molecule is CC(C)CC(NC(=O)c1ccc(F)c(Cl)c1F)C(=O)O. The van der Waals surface area contributed by atoms with E-state index in [1.54, 1.807) is 13.8 Å². The molecule has 0 aromatic heterocycles. The number of benzene rings is 1. The van der Waals surface area contributed by atoms with Crippen LogP contribution in [0.5, 0.6) is 0 Å². The molecule has 0 fully saturated rings. The van der Waals surface area contributed by atoms with Gasteiger partial charge in [-0.25, -0.2) is 13.6 Å². The van der Waals surface area contributed by atoms with E-state index in [4.69, 9.17) is 16.7 Å². The number of carbonyl (C=O) groups excluding carboxylic acids is 1. The van der Waals surface area contributed by atoms with Gasteiger partial charge >= 0.3 is 5.97 Å². The fourth-order valence-corrected chi connectivity index (χ4v) is 1.79. The number of carbonyl (C=O) groups is 2. The van der Waals surface area contributed by atoms with E-state index in [1.165, 1.54) is 0 Å². The van der Waals surface area contributed by atoms with Gasteiger partial charge in [-0.2, -0.15) is 0 Å². The van der Waals surface area contributed by atoms with Gasteiger partial charge in [-0.3, -0.25) is 4.79 Å². The Morgan fingerprint density at radius 2 is 1.95 bits per heavy atom. The first-order chi connectivity index (χ1) is 9.23. The zero-order chi connectivity index (χ0) is 15.4. The van der Waals surface area contributed by atoms with Gasteiger partial charge in [-0.1, -0.05) is 25.4 Å². The van der Waals surface area contributed by atoms with Crippen LogP contribution in [0, 0.1) is 17.6 Å².